The number of ether oxygens (including phenoxy) is 4. The molecule has 6 amide bonds. The lowest BCUT2D eigenvalue weighted by atomic mass is 9.82. The minimum absolute atomic E-state index is 0.0362. The maximum Gasteiger partial charge on any atom is 0.333 e. The molecule has 2 N–H and O–H groups in total. The number of fused-ring (bicyclic) bond motifs is 5. The van der Waals surface area contributed by atoms with Crippen LogP contribution in [0.4, 0.5) is 9.59 Å². The Balaban J connectivity index is 0.000000446. The molecule has 0 aromatic carbocycles. The molecule has 316 valence electrons. The van der Waals surface area contributed by atoms with E-state index in [0.717, 1.165) is 9.80 Å². The van der Waals surface area contributed by atoms with Crippen molar-refractivity contribution in [1.82, 2.24) is 20.4 Å². The largest absolute Gasteiger partial charge is 0.464 e. The summed E-state index contributed by atoms with van der Waals surface area (Å²) in [7, 11) is 0. The van der Waals surface area contributed by atoms with Crippen molar-refractivity contribution < 1.29 is 57.3 Å². The number of nitrogens with one attached hydrogen (secondary N) is 2. The molecule has 3 fully saturated rings. The van der Waals surface area contributed by atoms with E-state index < -0.39 is 47.8 Å². The SMILES string of the molecule is C1CC2C3CCC(C3)C2C1.C=C(C)C(=O)OCCNC(=O)N(CCOC(=O)C(C)C)C(C)=O.C=C(C)C(=O)OCCNC(=O)N(CCOC(=O)C(C)C)C(C)=O. The van der Waals surface area contributed by atoms with Crippen LogP contribution in [0, 0.1) is 35.5 Å². The summed E-state index contributed by atoms with van der Waals surface area (Å²) in [5, 5.41) is 4.88. The Bertz CT molecular complexity index is 1310. The molecule has 16 nitrogen and oxygen atoms in total. The predicted molar refractivity (Wildman–Crippen MR) is 206 cm³/mol. The monoisotopic (exact) mass is 792 g/mol. The summed E-state index contributed by atoms with van der Waals surface area (Å²) in [6, 6.07) is -1.30. The third kappa shape index (κ3) is 17.8. The minimum atomic E-state index is -0.649. The zero-order valence-electron chi connectivity index (χ0n) is 34.6. The second-order valence-electron chi connectivity index (χ2n) is 14.9. The lowest BCUT2D eigenvalue weighted by Crippen LogP contribution is -2.45. The quantitative estimate of drug-likeness (QED) is 0.0956. The molecule has 3 aliphatic carbocycles. The Kier molecular flexibility index (Phi) is 22.3. The molecule has 0 aromatic heterocycles. The van der Waals surface area contributed by atoms with Crippen molar-refractivity contribution in [2.24, 2.45) is 35.5 Å². The number of amides is 6. The average molecular weight is 793 g/mol. The van der Waals surface area contributed by atoms with E-state index in [4.69, 9.17) is 18.9 Å². The normalized spacial score (nSPS) is 18.5. The van der Waals surface area contributed by atoms with E-state index in [-0.39, 0.29) is 75.6 Å². The molecule has 2 bridgehead atoms. The van der Waals surface area contributed by atoms with Crippen molar-refractivity contribution >= 4 is 47.8 Å². The molecular formula is C40H64N4O12. The highest BCUT2D eigenvalue weighted by atomic mass is 16.5. The first-order valence-corrected chi connectivity index (χ1v) is 19.4. The Morgan fingerprint density at radius 3 is 1.23 bits per heavy atom. The molecule has 4 unspecified atom stereocenters. The maximum atomic E-state index is 11.9. The molecule has 0 saturated heterocycles. The molecule has 3 aliphatic rings. The van der Waals surface area contributed by atoms with Crippen LogP contribution >= 0.6 is 0 Å². The fourth-order valence-electron chi connectivity index (χ4n) is 6.67. The lowest BCUT2D eigenvalue weighted by Gasteiger charge is -2.23. The summed E-state index contributed by atoms with van der Waals surface area (Å²) in [5.41, 5.74) is 0.516. The highest BCUT2D eigenvalue weighted by Crippen LogP contribution is 2.58. The van der Waals surface area contributed by atoms with Gasteiger partial charge in [0.25, 0.3) is 0 Å². The van der Waals surface area contributed by atoms with Crippen LogP contribution in [0.25, 0.3) is 0 Å². The summed E-state index contributed by atoms with van der Waals surface area (Å²) >= 11 is 0. The molecule has 3 saturated carbocycles. The molecule has 0 aromatic rings. The van der Waals surface area contributed by atoms with Crippen molar-refractivity contribution in [3.05, 3.63) is 24.3 Å². The first-order valence-electron chi connectivity index (χ1n) is 19.4. The van der Waals surface area contributed by atoms with Gasteiger partial charge in [0.15, 0.2) is 0 Å². The van der Waals surface area contributed by atoms with E-state index in [1.165, 1.54) is 51.4 Å². The number of esters is 4. The zero-order chi connectivity index (χ0) is 42.5. The van der Waals surface area contributed by atoms with Crippen molar-refractivity contribution in [2.75, 3.05) is 52.6 Å². The Morgan fingerprint density at radius 1 is 0.571 bits per heavy atom. The summed E-state index contributed by atoms with van der Waals surface area (Å²) in [6.07, 6.45) is 9.53. The van der Waals surface area contributed by atoms with Crippen LogP contribution in [0.15, 0.2) is 24.3 Å². The number of nitrogens with zero attached hydrogens (tertiary/aromatic N) is 2. The van der Waals surface area contributed by atoms with Crippen LogP contribution in [0.2, 0.25) is 0 Å². The number of carbonyl (C=O) groups excluding carboxylic acids is 8. The molecular weight excluding hydrogens is 728 g/mol. The maximum absolute atomic E-state index is 11.9. The van der Waals surface area contributed by atoms with Gasteiger partial charge in [0, 0.05) is 25.0 Å². The van der Waals surface area contributed by atoms with Gasteiger partial charge in [-0.25, -0.2) is 19.2 Å². The van der Waals surface area contributed by atoms with E-state index in [0.29, 0.717) is 0 Å². The molecule has 4 atom stereocenters. The summed E-state index contributed by atoms with van der Waals surface area (Å²) in [4.78, 5) is 93.4. The van der Waals surface area contributed by atoms with Gasteiger partial charge in [0.2, 0.25) is 11.8 Å². The van der Waals surface area contributed by atoms with Crippen molar-refractivity contribution in [3.63, 3.8) is 0 Å². The van der Waals surface area contributed by atoms with E-state index in [1.807, 2.05) is 0 Å². The van der Waals surface area contributed by atoms with Gasteiger partial charge in [-0.15, -0.1) is 0 Å². The number of imide groups is 2. The number of hydrogen-bond donors (Lipinski definition) is 2. The third-order valence-corrected chi connectivity index (χ3v) is 9.58. The highest BCUT2D eigenvalue weighted by Gasteiger charge is 2.48. The van der Waals surface area contributed by atoms with Crippen LogP contribution in [0.1, 0.15) is 93.9 Å². The van der Waals surface area contributed by atoms with Crippen LogP contribution in [-0.4, -0.2) is 110 Å². The second-order valence-corrected chi connectivity index (χ2v) is 14.9. The van der Waals surface area contributed by atoms with Gasteiger partial charge < -0.3 is 29.6 Å². The van der Waals surface area contributed by atoms with Gasteiger partial charge >= 0.3 is 35.9 Å². The molecule has 0 radical (unpaired) electrons. The highest BCUT2D eigenvalue weighted by molar-refractivity contribution is 5.94. The fraction of sp³-hybridized carbons (Fsp3) is 0.700. The molecule has 0 heterocycles. The summed E-state index contributed by atoms with van der Waals surface area (Å²) in [5.74, 6) is 1.36. The summed E-state index contributed by atoms with van der Waals surface area (Å²) < 4.78 is 19.5. The predicted octanol–water partition coefficient (Wildman–Crippen LogP) is 4.56. The van der Waals surface area contributed by atoms with Gasteiger partial charge in [0.1, 0.15) is 26.4 Å². The van der Waals surface area contributed by atoms with Crippen molar-refractivity contribution in [2.45, 2.75) is 93.9 Å². The number of urea groups is 2. The van der Waals surface area contributed by atoms with E-state index in [9.17, 15) is 38.4 Å². The van der Waals surface area contributed by atoms with Crippen LogP contribution in [-0.2, 0) is 47.7 Å². The Morgan fingerprint density at radius 2 is 0.929 bits per heavy atom. The van der Waals surface area contributed by atoms with Crippen molar-refractivity contribution in [1.29, 1.82) is 0 Å². The van der Waals surface area contributed by atoms with Gasteiger partial charge in [-0.05, 0) is 69.6 Å². The van der Waals surface area contributed by atoms with Crippen LogP contribution < -0.4 is 10.6 Å². The second kappa shape index (κ2) is 25.4. The van der Waals surface area contributed by atoms with Gasteiger partial charge in [-0.2, -0.15) is 0 Å². The van der Waals surface area contributed by atoms with Crippen LogP contribution in [0.5, 0.6) is 0 Å². The standard InChI is InChI=1S/2C15H24N2O6.C10H16/c2*1-10(2)13(19)22-8-6-16-15(21)17(12(5)18)7-9-23-14(20)11(3)4;1-2-9-7-4-5-8(6-7)10(9)3-1/h2*11H,1,6-9H2,2-5H3,(H,16,21);7-10H,1-6H2. The smallest absolute Gasteiger partial charge is 0.333 e. The van der Waals surface area contributed by atoms with E-state index in [1.54, 1.807) is 66.2 Å². The topological polar surface area (TPSA) is 204 Å². The van der Waals surface area contributed by atoms with E-state index >= 15 is 0 Å². The van der Waals surface area contributed by atoms with Gasteiger partial charge in [-0.3, -0.25) is 29.0 Å². The average Bonchev–Trinajstić information content (AvgIpc) is 3.89. The Labute approximate surface area is 331 Å². The first-order chi connectivity index (χ1) is 26.3. The number of carbonyl (C=O) groups is 8. The zero-order valence-corrected chi connectivity index (χ0v) is 34.6. The Hall–Kier alpha value is -4.76. The number of hydrogen-bond acceptors (Lipinski definition) is 12. The van der Waals surface area contributed by atoms with Gasteiger partial charge in [-0.1, -0.05) is 47.3 Å². The van der Waals surface area contributed by atoms with E-state index in [2.05, 4.69) is 23.8 Å². The summed E-state index contributed by atoms with van der Waals surface area (Å²) in [6.45, 7) is 18.8. The fourth-order valence-corrected chi connectivity index (χ4v) is 6.67. The molecule has 0 spiro atoms. The number of rotatable bonds is 16. The molecule has 16 heteroatoms. The molecule has 0 aliphatic heterocycles. The van der Waals surface area contributed by atoms with Crippen LogP contribution in [0.3, 0.4) is 0 Å². The van der Waals surface area contributed by atoms with Crippen molar-refractivity contribution in [3.8, 4) is 0 Å². The van der Waals surface area contributed by atoms with Gasteiger partial charge in [0.05, 0.1) is 38.0 Å². The third-order valence-electron chi connectivity index (χ3n) is 9.58. The lowest BCUT2D eigenvalue weighted by molar-refractivity contribution is -0.149. The molecule has 3 rings (SSSR count). The minimum Gasteiger partial charge on any atom is -0.464 e. The first kappa shape index (κ1) is 49.3. The molecule has 56 heavy (non-hydrogen) atoms.